The lowest BCUT2D eigenvalue weighted by Gasteiger charge is -2.25. The zero-order chi connectivity index (χ0) is 20.0. The Morgan fingerprint density at radius 1 is 1.19 bits per heavy atom. The number of nitrogens with zero attached hydrogens (tertiary/aromatic N) is 1. The molecule has 2 aromatic carbocycles. The van der Waals surface area contributed by atoms with Gasteiger partial charge in [0.25, 0.3) is 10.0 Å². The minimum Gasteiger partial charge on any atom is -0.497 e. The van der Waals surface area contributed by atoms with Crippen LogP contribution in [-0.2, 0) is 14.8 Å². The number of carbonyl (C=O) groups excluding carboxylic acids is 1. The zero-order valence-corrected chi connectivity index (χ0v) is 16.9. The zero-order valence-electron chi connectivity index (χ0n) is 16.1. The number of aryl methyl sites for hydroxylation is 1. The standard InChI is InChI=1S/C20H26N2O4S/c1-5-16(3)21-20(23)14-22(17-7-6-8-18(13-17)26-4)27(24,25)19-11-9-15(2)10-12-19/h6-13,16H,5,14H2,1-4H3,(H,21,23)/t16-/m1/s1. The molecule has 0 fully saturated rings. The fraction of sp³-hybridized carbons (Fsp3) is 0.350. The molecule has 7 heteroatoms. The summed E-state index contributed by atoms with van der Waals surface area (Å²) in [5.74, 6) is 0.154. The number of hydrogen-bond acceptors (Lipinski definition) is 4. The largest absolute Gasteiger partial charge is 0.497 e. The molecule has 0 aliphatic rings. The SMILES string of the molecule is CC[C@@H](C)NC(=O)CN(c1cccc(OC)c1)S(=O)(=O)c1ccc(C)cc1. The Kier molecular flexibility index (Phi) is 6.85. The summed E-state index contributed by atoms with van der Waals surface area (Å²) in [5, 5.41) is 2.81. The number of nitrogens with one attached hydrogen (secondary N) is 1. The van der Waals surface area contributed by atoms with Gasteiger partial charge in [0, 0.05) is 12.1 Å². The first kappa shape index (κ1) is 20.8. The van der Waals surface area contributed by atoms with E-state index in [1.165, 1.54) is 7.11 Å². The van der Waals surface area contributed by atoms with E-state index < -0.39 is 10.0 Å². The van der Waals surface area contributed by atoms with Gasteiger partial charge in [0.2, 0.25) is 5.91 Å². The van der Waals surface area contributed by atoms with Crippen LogP contribution < -0.4 is 14.4 Å². The number of hydrogen-bond donors (Lipinski definition) is 1. The van der Waals surface area contributed by atoms with E-state index in [-0.39, 0.29) is 23.4 Å². The van der Waals surface area contributed by atoms with Gasteiger partial charge in [0.05, 0.1) is 17.7 Å². The minimum atomic E-state index is -3.92. The van der Waals surface area contributed by atoms with Gasteiger partial charge >= 0.3 is 0 Å². The van der Waals surface area contributed by atoms with Gasteiger partial charge in [-0.15, -0.1) is 0 Å². The van der Waals surface area contributed by atoms with Gasteiger partial charge in [0.1, 0.15) is 12.3 Å². The third-order valence-electron chi connectivity index (χ3n) is 4.26. The topological polar surface area (TPSA) is 75.7 Å². The summed E-state index contributed by atoms with van der Waals surface area (Å²) in [6, 6.07) is 13.2. The van der Waals surface area contributed by atoms with Crippen molar-refractivity contribution in [3.8, 4) is 5.75 Å². The molecule has 0 aliphatic heterocycles. The van der Waals surface area contributed by atoms with E-state index in [0.717, 1.165) is 16.3 Å². The maximum absolute atomic E-state index is 13.2. The van der Waals surface area contributed by atoms with Crippen LogP contribution >= 0.6 is 0 Å². The van der Waals surface area contributed by atoms with Crippen molar-refractivity contribution in [3.63, 3.8) is 0 Å². The van der Waals surface area contributed by atoms with Crippen LogP contribution in [0.2, 0.25) is 0 Å². The maximum atomic E-state index is 13.2. The molecule has 6 nitrogen and oxygen atoms in total. The van der Waals surface area contributed by atoms with Crippen molar-refractivity contribution in [2.45, 2.75) is 38.1 Å². The molecule has 1 N–H and O–H groups in total. The fourth-order valence-corrected chi connectivity index (χ4v) is 3.88. The summed E-state index contributed by atoms with van der Waals surface area (Å²) in [6.07, 6.45) is 0.760. The third kappa shape index (κ3) is 5.23. The first-order valence-corrected chi connectivity index (χ1v) is 10.2. The summed E-state index contributed by atoms with van der Waals surface area (Å²) in [6.45, 7) is 5.40. The highest BCUT2D eigenvalue weighted by atomic mass is 32.2. The normalized spacial score (nSPS) is 12.3. The lowest BCUT2D eigenvalue weighted by atomic mass is 10.2. The third-order valence-corrected chi connectivity index (χ3v) is 6.05. The van der Waals surface area contributed by atoms with E-state index in [1.807, 2.05) is 20.8 Å². The van der Waals surface area contributed by atoms with Crippen LogP contribution in [0.3, 0.4) is 0 Å². The van der Waals surface area contributed by atoms with E-state index in [2.05, 4.69) is 5.32 Å². The van der Waals surface area contributed by atoms with Gasteiger partial charge in [0.15, 0.2) is 0 Å². The molecule has 2 rings (SSSR count). The Labute approximate surface area is 161 Å². The fourth-order valence-electron chi connectivity index (χ4n) is 2.47. The van der Waals surface area contributed by atoms with Gasteiger partial charge in [-0.05, 0) is 44.5 Å². The number of benzene rings is 2. The van der Waals surface area contributed by atoms with Gasteiger partial charge in [-0.2, -0.15) is 0 Å². The molecule has 1 atom stereocenters. The lowest BCUT2D eigenvalue weighted by Crippen LogP contribution is -2.43. The number of carbonyl (C=O) groups is 1. The summed E-state index contributed by atoms with van der Waals surface area (Å²) >= 11 is 0. The first-order valence-electron chi connectivity index (χ1n) is 8.80. The molecule has 0 unspecified atom stereocenters. The summed E-state index contributed by atoms with van der Waals surface area (Å²) in [4.78, 5) is 12.6. The van der Waals surface area contributed by atoms with Crippen LogP contribution in [0.4, 0.5) is 5.69 Å². The average molecular weight is 391 g/mol. The van der Waals surface area contributed by atoms with E-state index >= 15 is 0 Å². The van der Waals surface area contributed by atoms with Crippen LogP contribution in [0.25, 0.3) is 0 Å². The number of sulfonamides is 1. The summed E-state index contributed by atoms with van der Waals surface area (Å²) < 4.78 is 32.8. The van der Waals surface area contributed by atoms with Crippen molar-refractivity contribution in [2.24, 2.45) is 0 Å². The summed E-state index contributed by atoms with van der Waals surface area (Å²) in [7, 11) is -2.41. The van der Waals surface area contributed by atoms with Gasteiger partial charge in [-0.1, -0.05) is 30.7 Å². The molecular weight excluding hydrogens is 364 g/mol. The van der Waals surface area contributed by atoms with Crippen molar-refractivity contribution in [2.75, 3.05) is 18.0 Å². The maximum Gasteiger partial charge on any atom is 0.264 e. The molecule has 0 radical (unpaired) electrons. The molecule has 27 heavy (non-hydrogen) atoms. The van der Waals surface area contributed by atoms with Crippen LogP contribution in [0.15, 0.2) is 53.4 Å². The monoisotopic (exact) mass is 390 g/mol. The first-order chi connectivity index (χ1) is 12.8. The van der Waals surface area contributed by atoms with Crippen molar-refractivity contribution in [3.05, 3.63) is 54.1 Å². The molecule has 0 saturated carbocycles. The predicted molar refractivity (Wildman–Crippen MR) is 107 cm³/mol. The highest BCUT2D eigenvalue weighted by Gasteiger charge is 2.27. The molecule has 0 saturated heterocycles. The second-order valence-corrected chi connectivity index (χ2v) is 8.27. The Morgan fingerprint density at radius 2 is 1.85 bits per heavy atom. The number of ether oxygens (including phenoxy) is 1. The van der Waals surface area contributed by atoms with Crippen molar-refractivity contribution in [1.29, 1.82) is 0 Å². The molecule has 2 aromatic rings. The molecule has 0 aromatic heterocycles. The number of rotatable bonds is 8. The van der Waals surface area contributed by atoms with E-state index in [4.69, 9.17) is 4.74 Å². The quantitative estimate of drug-likeness (QED) is 0.751. The highest BCUT2D eigenvalue weighted by Crippen LogP contribution is 2.27. The molecule has 146 valence electrons. The van der Waals surface area contributed by atoms with E-state index in [1.54, 1.807) is 48.5 Å². The second-order valence-electron chi connectivity index (χ2n) is 6.40. The Balaban J connectivity index is 2.45. The van der Waals surface area contributed by atoms with Crippen LogP contribution in [0.1, 0.15) is 25.8 Å². The van der Waals surface area contributed by atoms with Crippen LogP contribution in [-0.4, -0.2) is 34.0 Å². The molecule has 0 heterocycles. The number of amides is 1. The molecule has 0 aliphatic carbocycles. The Bertz CT molecular complexity index is 879. The smallest absolute Gasteiger partial charge is 0.264 e. The van der Waals surface area contributed by atoms with E-state index in [0.29, 0.717) is 11.4 Å². The number of methoxy groups -OCH3 is 1. The van der Waals surface area contributed by atoms with Crippen LogP contribution in [0.5, 0.6) is 5.75 Å². The molecular formula is C20H26N2O4S. The van der Waals surface area contributed by atoms with Crippen molar-refractivity contribution < 1.29 is 17.9 Å². The van der Waals surface area contributed by atoms with Crippen LogP contribution in [0, 0.1) is 6.92 Å². The second kappa shape index (κ2) is 8.90. The Morgan fingerprint density at radius 3 is 2.44 bits per heavy atom. The van der Waals surface area contributed by atoms with Gasteiger partial charge < -0.3 is 10.1 Å². The highest BCUT2D eigenvalue weighted by molar-refractivity contribution is 7.92. The summed E-state index contributed by atoms with van der Waals surface area (Å²) in [5.41, 5.74) is 1.32. The van der Waals surface area contributed by atoms with Crippen molar-refractivity contribution >= 4 is 21.6 Å². The number of anilines is 1. The lowest BCUT2D eigenvalue weighted by molar-refractivity contribution is -0.120. The van der Waals surface area contributed by atoms with Gasteiger partial charge in [-0.3, -0.25) is 9.10 Å². The molecule has 1 amide bonds. The minimum absolute atomic E-state index is 0.0354. The molecule has 0 bridgehead atoms. The molecule has 0 spiro atoms. The Hall–Kier alpha value is -2.54. The average Bonchev–Trinajstić information content (AvgIpc) is 2.66. The van der Waals surface area contributed by atoms with E-state index in [9.17, 15) is 13.2 Å². The van der Waals surface area contributed by atoms with Crippen molar-refractivity contribution in [1.82, 2.24) is 5.32 Å². The predicted octanol–water partition coefficient (Wildman–Crippen LogP) is 3.11. The van der Waals surface area contributed by atoms with Gasteiger partial charge in [-0.25, -0.2) is 8.42 Å².